The molecule has 0 bridgehead atoms. The number of para-hydroxylation sites is 1. The summed E-state index contributed by atoms with van der Waals surface area (Å²) in [6.07, 6.45) is 0.595. The van der Waals surface area contributed by atoms with Crippen molar-refractivity contribution in [2.45, 2.75) is 11.3 Å². The molecule has 11 heteroatoms. The highest BCUT2D eigenvalue weighted by Gasteiger charge is 2.18. The van der Waals surface area contributed by atoms with E-state index in [-0.39, 0.29) is 28.0 Å². The molecular formula is C23H23FN4O5S. The van der Waals surface area contributed by atoms with E-state index in [4.69, 9.17) is 0 Å². The summed E-state index contributed by atoms with van der Waals surface area (Å²) in [6, 6.07) is 16.9. The molecule has 0 unspecified atom stereocenters. The fraction of sp³-hybridized carbons (Fsp3) is 0.174. The molecule has 9 nitrogen and oxygen atoms in total. The number of non-ortho nitro benzene ring substituents is 1. The normalized spacial score (nSPS) is 11.0. The third-order valence-electron chi connectivity index (χ3n) is 4.96. The van der Waals surface area contributed by atoms with Crippen LogP contribution in [0.1, 0.15) is 16.8 Å². The lowest BCUT2D eigenvalue weighted by Crippen LogP contribution is -2.28. The maximum atomic E-state index is 13.8. The van der Waals surface area contributed by atoms with Crippen LogP contribution in [0.25, 0.3) is 0 Å². The van der Waals surface area contributed by atoms with Crippen LogP contribution < -0.4 is 14.9 Å². The third kappa shape index (κ3) is 6.29. The number of sulfonamides is 1. The van der Waals surface area contributed by atoms with Crippen molar-refractivity contribution in [1.82, 2.24) is 5.32 Å². The molecule has 0 saturated carbocycles. The number of halogens is 1. The quantitative estimate of drug-likeness (QED) is 0.255. The minimum Gasteiger partial charge on any atom is -0.372 e. The van der Waals surface area contributed by atoms with E-state index in [0.717, 1.165) is 6.07 Å². The van der Waals surface area contributed by atoms with E-state index in [0.29, 0.717) is 30.8 Å². The zero-order chi connectivity index (χ0) is 24.7. The molecule has 34 heavy (non-hydrogen) atoms. The monoisotopic (exact) mass is 486 g/mol. The van der Waals surface area contributed by atoms with Crippen LogP contribution in [0, 0.1) is 15.9 Å². The second kappa shape index (κ2) is 10.8. The molecule has 0 spiro atoms. The zero-order valence-electron chi connectivity index (χ0n) is 18.3. The molecule has 0 aliphatic heterocycles. The van der Waals surface area contributed by atoms with Crippen LogP contribution in [0.4, 0.5) is 21.5 Å². The molecule has 3 rings (SSSR count). The molecule has 0 aromatic heterocycles. The number of nitrogens with one attached hydrogen (secondary N) is 2. The van der Waals surface area contributed by atoms with Crippen LogP contribution in [0.2, 0.25) is 0 Å². The Morgan fingerprint density at radius 3 is 2.44 bits per heavy atom. The van der Waals surface area contributed by atoms with Crippen LogP contribution in [-0.4, -0.2) is 39.4 Å². The zero-order valence-corrected chi connectivity index (χ0v) is 19.1. The molecule has 0 aliphatic carbocycles. The smallest absolute Gasteiger partial charge is 0.270 e. The van der Waals surface area contributed by atoms with Gasteiger partial charge in [-0.2, -0.15) is 0 Å². The molecule has 0 heterocycles. The average molecular weight is 487 g/mol. The van der Waals surface area contributed by atoms with Crippen LogP contribution in [0.3, 0.4) is 0 Å². The van der Waals surface area contributed by atoms with Gasteiger partial charge in [-0.15, -0.1) is 0 Å². The maximum absolute atomic E-state index is 13.8. The highest BCUT2D eigenvalue weighted by atomic mass is 32.2. The molecule has 178 valence electrons. The molecular weight excluding hydrogens is 463 g/mol. The molecule has 3 aromatic rings. The molecule has 0 radical (unpaired) electrons. The fourth-order valence-corrected chi connectivity index (χ4v) is 4.27. The number of nitro benzene ring substituents is 1. The fourth-order valence-electron chi connectivity index (χ4n) is 3.17. The van der Waals surface area contributed by atoms with Crippen molar-refractivity contribution in [2.24, 2.45) is 0 Å². The van der Waals surface area contributed by atoms with E-state index in [9.17, 15) is 27.7 Å². The third-order valence-corrected chi connectivity index (χ3v) is 6.34. The Labute approximate surface area is 196 Å². The van der Waals surface area contributed by atoms with Crippen LogP contribution in [0.15, 0.2) is 77.7 Å². The van der Waals surface area contributed by atoms with E-state index in [1.54, 1.807) is 30.1 Å². The van der Waals surface area contributed by atoms with Gasteiger partial charge in [-0.1, -0.05) is 18.2 Å². The summed E-state index contributed by atoms with van der Waals surface area (Å²) < 4.78 is 41.1. The van der Waals surface area contributed by atoms with Crippen molar-refractivity contribution >= 4 is 33.0 Å². The van der Waals surface area contributed by atoms with E-state index in [1.807, 2.05) is 0 Å². The Bertz CT molecular complexity index is 1280. The molecule has 0 saturated heterocycles. The van der Waals surface area contributed by atoms with Gasteiger partial charge in [0.25, 0.3) is 21.6 Å². The largest absolute Gasteiger partial charge is 0.372 e. The van der Waals surface area contributed by atoms with Gasteiger partial charge in [-0.05, 0) is 48.9 Å². The number of hydrogen-bond acceptors (Lipinski definition) is 6. The molecule has 3 aromatic carbocycles. The van der Waals surface area contributed by atoms with Gasteiger partial charge in [0.1, 0.15) is 5.82 Å². The van der Waals surface area contributed by atoms with Crippen molar-refractivity contribution in [1.29, 1.82) is 0 Å². The van der Waals surface area contributed by atoms with Gasteiger partial charge in [0, 0.05) is 43.5 Å². The number of nitro groups is 1. The lowest BCUT2D eigenvalue weighted by atomic mass is 10.2. The topological polar surface area (TPSA) is 122 Å². The number of anilines is 2. The van der Waals surface area contributed by atoms with E-state index in [1.165, 1.54) is 48.5 Å². The van der Waals surface area contributed by atoms with Gasteiger partial charge in [0.2, 0.25) is 0 Å². The van der Waals surface area contributed by atoms with Crippen molar-refractivity contribution in [3.63, 3.8) is 0 Å². The summed E-state index contributed by atoms with van der Waals surface area (Å²) in [7, 11) is -2.27. The van der Waals surface area contributed by atoms with Gasteiger partial charge in [0.05, 0.1) is 15.5 Å². The Morgan fingerprint density at radius 1 is 1.06 bits per heavy atom. The SMILES string of the molecule is CN(CCCNC(=O)c1ccc(NS(=O)(=O)c2cccc([N+](=O)[O-])c2)cc1)c1ccccc1F. The Balaban J connectivity index is 1.52. The lowest BCUT2D eigenvalue weighted by molar-refractivity contribution is -0.385. The summed E-state index contributed by atoms with van der Waals surface area (Å²) in [5.74, 6) is -0.642. The Morgan fingerprint density at radius 2 is 1.76 bits per heavy atom. The number of benzene rings is 3. The number of carbonyl (C=O) groups excluding carboxylic acids is 1. The Hall–Kier alpha value is -3.99. The van der Waals surface area contributed by atoms with Gasteiger partial charge in [0.15, 0.2) is 0 Å². The molecule has 1 amide bonds. The minimum atomic E-state index is -4.04. The summed E-state index contributed by atoms with van der Waals surface area (Å²) in [6.45, 7) is 0.915. The first-order valence-corrected chi connectivity index (χ1v) is 11.8. The van der Waals surface area contributed by atoms with Crippen molar-refractivity contribution in [3.8, 4) is 0 Å². The molecule has 0 fully saturated rings. The maximum Gasteiger partial charge on any atom is 0.270 e. The summed E-state index contributed by atoms with van der Waals surface area (Å²) in [5, 5.41) is 13.6. The lowest BCUT2D eigenvalue weighted by Gasteiger charge is -2.19. The number of carbonyl (C=O) groups is 1. The van der Waals surface area contributed by atoms with Gasteiger partial charge in [-0.3, -0.25) is 19.6 Å². The second-order valence-electron chi connectivity index (χ2n) is 7.42. The van der Waals surface area contributed by atoms with Crippen LogP contribution >= 0.6 is 0 Å². The van der Waals surface area contributed by atoms with Crippen LogP contribution in [0.5, 0.6) is 0 Å². The first-order chi connectivity index (χ1) is 16.2. The van der Waals surface area contributed by atoms with E-state index >= 15 is 0 Å². The first-order valence-electron chi connectivity index (χ1n) is 10.3. The predicted octanol–water partition coefficient (Wildman–Crippen LogP) is 3.79. The molecule has 0 aliphatic rings. The Kier molecular flexibility index (Phi) is 7.79. The van der Waals surface area contributed by atoms with E-state index < -0.39 is 14.9 Å². The number of nitrogens with zero attached hydrogens (tertiary/aromatic N) is 2. The first kappa shape index (κ1) is 24.6. The molecule has 2 N–H and O–H groups in total. The minimum absolute atomic E-state index is 0.203. The second-order valence-corrected chi connectivity index (χ2v) is 9.10. The van der Waals surface area contributed by atoms with Crippen molar-refractivity contribution in [2.75, 3.05) is 29.8 Å². The van der Waals surface area contributed by atoms with E-state index in [2.05, 4.69) is 10.0 Å². The van der Waals surface area contributed by atoms with Crippen LogP contribution in [-0.2, 0) is 10.0 Å². The highest BCUT2D eigenvalue weighted by molar-refractivity contribution is 7.92. The number of amides is 1. The summed E-state index contributed by atoms with van der Waals surface area (Å²) >= 11 is 0. The number of hydrogen-bond donors (Lipinski definition) is 2. The van der Waals surface area contributed by atoms with Gasteiger partial charge < -0.3 is 10.2 Å². The predicted molar refractivity (Wildman–Crippen MR) is 127 cm³/mol. The molecule has 0 atom stereocenters. The van der Waals surface area contributed by atoms with Gasteiger partial charge >= 0.3 is 0 Å². The summed E-state index contributed by atoms with van der Waals surface area (Å²) in [4.78, 5) is 24.1. The van der Waals surface area contributed by atoms with Crippen molar-refractivity contribution in [3.05, 3.63) is 94.3 Å². The average Bonchev–Trinajstić information content (AvgIpc) is 2.82. The van der Waals surface area contributed by atoms with Crippen molar-refractivity contribution < 1.29 is 22.5 Å². The number of rotatable bonds is 10. The standard InChI is InChI=1S/C23H23FN4O5S/c1-27(22-9-3-2-8-21(22)24)15-5-14-25-23(29)17-10-12-18(13-11-17)26-34(32,33)20-7-4-6-19(16-20)28(30)31/h2-4,6-13,16,26H,5,14-15H2,1H3,(H,25,29). The van der Waals surface area contributed by atoms with Gasteiger partial charge in [-0.25, -0.2) is 12.8 Å². The summed E-state index contributed by atoms with van der Waals surface area (Å²) in [5.41, 5.74) is 0.683. The highest BCUT2D eigenvalue weighted by Crippen LogP contribution is 2.21.